The zero-order chi connectivity index (χ0) is 25.4. The number of methoxy groups -OCH3 is 1. The Morgan fingerprint density at radius 3 is 2.40 bits per heavy atom. The van der Waals surface area contributed by atoms with Crippen LogP contribution in [0.1, 0.15) is 33.9 Å². The van der Waals surface area contributed by atoms with Gasteiger partial charge in [0.05, 0.1) is 29.3 Å². The van der Waals surface area contributed by atoms with Gasteiger partial charge in [-0.15, -0.1) is 0 Å². The van der Waals surface area contributed by atoms with Crippen LogP contribution in [-0.2, 0) is 16.1 Å². The highest BCUT2D eigenvalue weighted by Gasteiger charge is 2.46. The molecule has 35 heavy (non-hydrogen) atoms. The molecule has 1 saturated heterocycles. The first-order valence-corrected chi connectivity index (χ1v) is 11.2. The van der Waals surface area contributed by atoms with Crippen LogP contribution >= 0.6 is 11.6 Å². The Labute approximate surface area is 206 Å². The maximum atomic E-state index is 13.4. The van der Waals surface area contributed by atoms with Gasteiger partial charge in [0.25, 0.3) is 11.7 Å². The fourth-order valence-electron chi connectivity index (χ4n) is 4.42. The minimum absolute atomic E-state index is 0.0191. The zero-order valence-corrected chi connectivity index (χ0v) is 20.1. The second kappa shape index (κ2) is 9.43. The molecule has 0 radical (unpaired) electrons. The highest BCUT2D eigenvalue weighted by Crippen LogP contribution is 2.43. The number of aromatic hydroxyl groups is 1. The second-order valence-corrected chi connectivity index (χ2v) is 8.83. The fourth-order valence-corrected chi connectivity index (χ4v) is 4.60. The Morgan fingerprint density at radius 2 is 1.77 bits per heavy atom. The number of nitrogens with zero attached hydrogens (tertiary/aromatic N) is 1. The topological polar surface area (TPSA) is 87.1 Å². The number of carbonyl (C=O) groups is 2. The van der Waals surface area contributed by atoms with Crippen molar-refractivity contribution in [2.24, 2.45) is 0 Å². The molecule has 0 aromatic heterocycles. The number of likely N-dealkylation sites (tertiary alicyclic amines) is 1. The zero-order valence-electron chi connectivity index (χ0n) is 19.3. The Balaban J connectivity index is 1.94. The summed E-state index contributed by atoms with van der Waals surface area (Å²) >= 11 is 6.15. The number of amides is 1. The lowest BCUT2D eigenvalue weighted by Gasteiger charge is -2.26. The molecule has 4 rings (SSSR count). The number of phenols is 1. The molecule has 0 saturated carbocycles. The Morgan fingerprint density at radius 1 is 1.09 bits per heavy atom. The van der Waals surface area contributed by atoms with Crippen molar-refractivity contribution in [3.05, 3.63) is 98.8 Å². The third kappa shape index (κ3) is 4.47. The van der Waals surface area contributed by atoms with Crippen molar-refractivity contribution in [2.45, 2.75) is 26.4 Å². The van der Waals surface area contributed by atoms with Crippen LogP contribution in [0.4, 0.5) is 4.39 Å². The van der Waals surface area contributed by atoms with Gasteiger partial charge < -0.3 is 19.8 Å². The monoisotopic (exact) mass is 495 g/mol. The number of rotatable bonds is 5. The lowest BCUT2D eigenvalue weighted by atomic mass is 9.93. The van der Waals surface area contributed by atoms with Crippen molar-refractivity contribution in [2.75, 3.05) is 7.11 Å². The van der Waals surface area contributed by atoms with Crippen LogP contribution in [0.3, 0.4) is 0 Å². The summed E-state index contributed by atoms with van der Waals surface area (Å²) in [6.07, 6.45) is 0. The predicted molar refractivity (Wildman–Crippen MR) is 130 cm³/mol. The van der Waals surface area contributed by atoms with Gasteiger partial charge >= 0.3 is 0 Å². The average molecular weight is 496 g/mol. The number of ether oxygens (including phenoxy) is 1. The normalized spacial score (nSPS) is 17.2. The van der Waals surface area contributed by atoms with Gasteiger partial charge in [-0.25, -0.2) is 4.39 Å². The number of aliphatic hydroxyl groups excluding tert-OH is 1. The van der Waals surface area contributed by atoms with E-state index in [1.165, 1.54) is 54.5 Å². The number of benzene rings is 3. The molecule has 2 N–H and O–H groups in total. The molecule has 0 spiro atoms. The van der Waals surface area contributed by atoms with E-state index in [4.69, 9.17) is 16.3 Å². The largest absolute Gasteiger partial charge is 0.507 e. The second-order valence-electron chi connectivity index (χ2n) is 8.43. The molecule has 6 nitrogen and oxygen atoms in total. The molecule has 1 atom stereocenters. The van der Waals surface area contributed by atoms with Crippen molar-refractivity contribution >= 4 is 29.1 Å². The molecule has 1 fully saturated rings. The van der Waals surface area contributed by atoms with E-state index in [0.717, 1.165) is 11.1 Å². The summed E-state index contributed by atoms with van der Waals surface area (Å²) in [7, 11) is 1.46. The van der Waals surface area contributed by atoms with Crippen LogP contribution in [-0.4, -0.2) is 33.9 Å². The molecular weight excluding hydrogens is 473 g/mol. The molecule has 1 unspecified atom stereocenters. The SMILES string of the molecule is COc1c(C)cc(C)cc1/C(O)=C1\C(=O)C(=O)N(Cc2ccc(F)cc2)C1c1ccc(O)c(Cl)c1. The van der Waals surface area contributed by atoms with Crippen molar-refractivity contribution in [3.63, 3.8) is 0 Å². The molecule has 0 bridgehead atoms. The average Bonchev–Trinajstić information content (AvgIpc) is 3.06. The quantitative estimate of drug-likeness (QED) is 0.280. The Kier molecular flexibility index (Phi) is 6.54. The van der Waals surface area contributed by atoms with Gasteiger partial charge in [-0.2, -0.15) is 0 Å². The number of ketones is 1. The van der Waals surface area contributed by atoms with Gasteiger partial charge in [-0.3, -0.25) is 9.59 Å². The Bertz CT molecular complexity index is 1370. The fraction of sp³-hybridized carbons (Fsp3) is 0.185. The van der Waals surface area contributed by atoms with Gasteiger partial charge in [-0.05, 0) is 66.4 Å². The molecule has 3 aromatic carbocycles. The van der Waals surface area contributed by atoms with E-state index < -0.39 is 23.5 Å². The number of aliphatic hydroxyl groups is 1. The first kappa shape index (κ1) is 24.3. The van der Waals surface area contributed by atoms with Gasteiger partial charge in [0.1, 0.15) is 23.1 Å². The smallest absolute Gasteiger partial charge is 0.295 e. The van der Waals surface area contributed by atoms with Crippen molar-refractivity contribution in [1.82, 2.24) is 4.90 Å². The lowest BCUT2D eigenvalue weighted by Crippen LogP contribution is -2.29. The van der Waals surface area contributed by atoms with E-state index in [2.05, 4.69) is 0 Å². The van der Waals surface area contributed by atoms with Crippen molar-refractivity contribution < 1.29 is 28.9 Å². The standard InChI is InChI=1S/C27H23ClFNO5/c1-14-10-15(2)26(35-3)19(11-14)24(32)22-23(17-6-9-21(31)20(28)12-17)30(27(34)25(22)33)13-16-4-7-18(29)8-5-16/h4-12,23,31-32H,13H2,1-3H3/b24-22+. The number of aryl methyl sites for hydroxylation is 2. The highest BCUT2D eigenvalue weighted by atomic mass is 35.5. The van der Waals surface area contributed by atoms with E-state index in [-0.39, 0.29) is 34.2 Å². The molecule has 8 heteroatoms. The minimum Gasteiger partial charge on any atom is -0.507 e. The summed E-state index contributed by atoms with van der Waals surface area (Å²) in [5.41, 5.74) is 2.72. The molecule has 1 aliphatic rings. The van der Waals surface area contributed by atoms with E-state index in [0.29, 0.717) is 16.9 Å². The van der Waals surface area contributed by atoms with Gasteiger partial charge in [0.15, 0.2) is 0 Å². The van der Waals surface area contributed by atoms with Crippen LogP contribution in [0.15, 0.2) is 60.2 Å². The molecule has 1 heterocycles. The van der Waals surface area contributed by atoms with Crippen LogP contribution in [0.5, 0.6) is 11.5 Å². The summed E-state index contributed by atoms with van der Waals surface area (Å²) in [5.74, 6) is -2.31. The molecule has 3 aromatic rings. The number of halogens is 2. The lowest BCUT2D eigenvalue weighted by molar-refractivity contribution is -0.140. The summed E-state index contributed by atoms with van der Waals surface area (Å²) in [6, 6.07) is 12.4. The summed E-state index contributed by atoms with van der Waals surface area (Å²) < 4.78 is 18.9. The molecule has 1 amide bonds. The highest BCUT2D eigenvalue weighted by molar-refractivity contribution is 6.46. The maximum Gasteiger partial charge on any atom is 0.295 e. The van der Waals surface area contributed by atoms with E-state index in [1.54, 1.807) is 6.07 Å². The number of hydrogen-bond acceptors (Lipinski definition) is 5. The number of carbonyl (C=O) groups excluding carboxylic acids is 2. The third-order valence-electron chi connectivity index (χ3n) is 5.97. The number of hydrogen-bond donors (Lipinski definition) is 2. The molecule has 180 valence electrons. The molecule has 0 aliphatic carbocycles. The van der Waals surface area contributed by atoms with E-state index in [9.17, 15) is 24.2 Å². The van der Waals surface area contributed by atoms with Gasteiger partial charge in [-0.1, -0.05) is 35.9 Å². The molecule has 1 aliphatic heterocycles. The summed E-state index contributed by atoms with van der Waals surface area (Å²) in [5, 5.41) is 21.3. The first-order valence-electron chi connectivity index (χ1n) is 10.8. The van der Waals surface area contributed by atoms with Gasteiger partial charge in [0, 0.05) is 6.54 Å². The van der Waals surface area contributed by atoms with Crippen molar-refractivity contribution in [3.8, 4) is 11.5 Å². The van der Waals surface area contributed by atoms with E-state index >= 15 is 0 Å². The minimum atomic E-state index is -1.01. The number of phenolic OH excluding ortho intramolecular Hbond substituents is 1. The molecular formula is C27H23ClFNO5. The predicted octanol–water partition coefficient (Wildman–Crippen LogP) is 5.43. The number of Topliss-reactive ketones (excluding diaryl/α,β-unsaturated/α-hetero) is 1. The van der Waals surface area contributed by atoms with Crippen LogP contribution in [0.2, 0.25) is 5.02 Å². The van der Waals surface area contributed by atoms with Crippen LogP contribution in [0, 0.1) is 19.7 Å². The van der Waals surface area contributed by atoms with Crippen LogP contribution in [0.25, 0.3) is 5.76 Å². The third-order valence-corrected chi connectivity index (χ3v) is 6.27. The van der Waals surface area contributed by atoms with Gasteiger partial charge in [0.2, 0.25) is 0 Å². The van der Waals surface area contributed by atoms with E-state index in [1.807, 2.05) is 19.9 Å². The Hall–Kier alpha value is -3.84. The maximum absolute atomic E-state index is 13.4. The first-order chi connectivity index (χ1) is 16.6. The van der Waals surface area contributed by atoms with Crippen molar-refractivity contribution in [1.29, 1.82) is 0 Å². The van der Waals surface area contributed by atoms with Crippen LogP contribution < -0.4 is 4.74 Å². The summed E-state index contributed by atoms with van der Waals surface area (Å²) in [6.45, 7) is 3.63. The summed E-state index contributed by atoms with van der Waals surface area (Å²) in [4.78, 5) is 27.8.